The summed E-state index contributed by atoms with van der Waals surface area (Å²) in [5.74, 6) is 0.262. The predicted molar refractivity (Wildman–Crippen MR) is 123 cm³/mol. The van der Waals surface area contributed by atoms with Crippen LogP contribution in [0.25, 0.3) is 0 Å². The van der Waals surface area contributed by atoms with Crippen LogP contribution in [0.15, 0.2) is 46.4 Å². The molecule has 0 aromatic heterocycles. The smallest absolute Gasteiger partial charge is 0.128 e. The van der Waals surface area contributed by atoms with E-state index in [2.05, 4.69) is 23.7 Å². The van der Waals surface area contributed by atoms with E-state index in [0.29, 0.717) is 11.1 Å². The minimum absolute atomic E-state index is 0.00725. The number of aromatic hydroxyl groups is 3. The van der Waals surface area contributed by atoms with E-state index in [-0.39, 0.29) is 29.3 Å². The van der Waals surface area contributed by atoms with Gasteiger partial charge in [-0.2, -0.15) is 0 Å². The first-order chi connectivity index (χ1) is 14.5. The van der Waals surface area contributed by atoms with Crippen molar-refractivity contribution in [2.24, 2.45) is 9.98 Å². The van der Waals surface area contributed by atoms with E-state index in [9.17, 15) is 15.3 Å². The van der Waals surface area contributed by atoms with Crippen molar-refractivity contribution in [3.63, 3.8) is 0 Å². The van der Waals surface area contributed by atoms with Gasteiger partial charge in [0.05, 0.1) is 12.1 Å². The Balaban J connectivity index is 1.73. The van der Waals surface area contributed by atoms with Crippen molar-refractivity contribution >= 4 is 18.1 Å². The molecule has 2 aromatic rings. The number of phenols is 3. The minimum atomic E-state index is 0.00725. The van der Waals surface area contributed by atoms with Crippen molar-refractivity contribution < 1.29 is 15.3 Å². The zero-order valence-corrected chi connectivity index (χ0v) is 17.7. The maximum atomic E-state index is 10.4. The van der Waals surface area contributed by atoms with E-state index >= 15 is 0 Å². The lowest BCUT2D eigenvalue weighted by molar-refractivity contribution is 0.390. The number of phenolic OH excluding ortho intramolecular Hbond substituents is 3. The quantitative estimate of drug-likeness (QED) is 0.588. The molecule has 0 saturated heterocycles. The standard InChI is InChI=1S/C24H31N3O3/c1-3-27(4-2)19-11-9-17(23(29)13-19)15-25-21-7-5-6-8-22(21)26-16-18-10-12-20(28)14-24(18)30/h9-16,21-22,28-30H,3-8H2,1-2H3/t21-,22-/m0/s1. The predicted octanol–water partition coefficient (Wildman–Crippen LogP) is 4.50. The van der Waals surface area contributed by atoms with E-state index < -0.39 is 0 Å². The molecule has 1 aliphatic rings. The van der Waals surface area contributed by atoms with Gasteiger partial charge >= 0.3 is 0 Å². The normalized spacial score (nSPS) is 19.5. The number of nitrogens with zero attached hydrogens (tertiary/aromatic N) is 3. The second-order valence-electron chi connectivity index (χ2n) is 7.63. The highest BCUT2D eigenvalue weighted by atomic mass is 16.3. The van der Waals surface area contributed by atoms with Crippen LogP contribution in [0.2, 0.25) is 0 Å². The lowest BCUT2D eigenvalue weighted by atomic mass is 9.91. The van der Waals surface area contributed by atoms with E-state index in [0.717, 1.165) is 44.5 Å². The highest BCUT2D eigenvalue weighted by Gasteiger charge is 2.23. The average Bonchev–Trinajstić information content (AvgIpc) is 2.74. The van der Waals surface area contributed by atoms with Gasteiger partial charge in [-0.05, 0) is 51.0 Å². The van der Waals surface area contributed by atoms with Crippen LogP contribution in [0.3, 0.4) is 0 Å². The van der Waals surface area contributed by atoms with Crippen LogP contribution in [0.5, 0.6) is 17.2 Å². The number of aliphatic imine (C=N–C) groups is 2. The molecule has 0 bridgehead atoms. The Morgan fingerprint density at radius 3 is 1.87 bits per heavy atom. The lowest BCUT2D eigenvalue weighted by Gasteiger charge is -2.25. The number of hydrogen-bond acceptors (Lipinski definition) is 6. The third-order valence-electron chi connectivity index (χ3n) is 5.66. The third-order valence-corrected chi connectivity index (χ3v) is 5.66. The SMILES string of the molecule is CCN(CC)c1ccc(C=N[C@H]2CCCC[C@@H]2N=Cc2ccc(O)cc2O)c(O)c1. The molecule has 0 amide bonds. The van der Waals surface area contributed by atoms with Gasteiger partial charge in [-0.1, -0.05) is 12.8 Å². The summed E-state index contributed by atoms with van der Waals surface area (Å²) in [7, 11) is 0. The Morgan fingerprint density at radius 1 is 0.833 bits per heavy atom. The first kappa shape index (κ1) is 21.7. The Hall–Kier alpha value is -3.02. The first-order valence-corrected chi connectivity index (χ1v) is 10.7. The summed E-state index contributed by atoms with van der Waals surface area (Å²) >= 11 is 0. The van der Waals surface area contributed by atoms with Gasteiger partial charge < -0.3 is 20.2 Å². The van der Waals surface area contributed by atoms with Crippen molar-refractivity contribution in [3.05, 3.63) is 47.5 Å². The fourth-order valence-corrected chi connectivity index (χ4v) is 3.86. The second kappa shape index (κ2) is 10.1. The van der Waals surface area contributed by atoms with Gasteiger partial charge in [0.2, 0.25) is 0 Å². The van der Waals surface area contributed by atoms with Crippen LogP contribution in [-0.2, 0) is 0 Å². The van der Waals surface area contributed by atoms with E-state index in [4.69, 9.17) is 4.99 Å². The maximum absolute atomic E-state index is 10.4. The Labute approximate surface area is 178 Å². The molecule has 1 saturated carbocycles. The summed E-state index contributed by atoms with van der Waals surface area (Å²) in [5, 5.41) is 29.8. The molecule has 3 N–H and O–H groups in total. The van der Waals surface area contributed by atoms with E-state index in [1.165, 1.54) is 12.1 Å². The van der Waals surface area contributed by atoms with E-state index in [1.807, 2.05) is 12.1 Å². The topological polar surface area (TPSA) is 88.7 Å². The van der Waals surface area contributed by atoms with Crippen molar-refractivity contribution in [1.82, 2.24) is 0 Å². The molecule has 0 heterocycles. The summed E-state index contributed by atoms with van der Waals surface area (Å²) in [6.45, 7) is 5.97. The number of anilines is 1. The van der Waals surface area contributed by atoms with Crippen molar-refractivity contribution in [3.8, 4) is 17.2 Å². The zero-order valence-electron chi connectivity index (χ0n) is 17.7. The maximum Gasteiger partial charge on any atom is 0.128 e. The molecule has 0 radical (unpaired) electrons. The highest BCUT2D eigenvalue weighted by molar-refractivity contribution is 5.85. The Kier molecular flexibility index (Phi) is 7.33. The molecule has 6 nitrogen and oxygen atoms in total. The van der Waals surface area contributed by atoms with Crippen LogP contribution < -0.4 is 4.90 Å². The van der Waals surface area contributed by atoms with Crippen LogP contribution in [0.1, 0.15) is 50.7 Å². The fourth-order valence-electron chi connectivity index (χ4n) is 3.86. The third kappa shape index (κ3) is 5.32. The summed E-state index contributed by atoms with van der Waals surface area (Å²) in [5.41, 5.74) is 2.28. The second-order valence-corrected chi connectivity index (χ2v) is 7.63. The van der Waals surface area contributed by atoms with Gasteiger partial charge in [-0.3, -0.25) is 9.98 Å². The molecule has 2 aromatic carbocycles. The van der Waals surface area contributed by atoms with Crippen molar-refractivity contribution in [2.45, 2.75) is 51.6 Å². The van der Waals surface area contributed by atoms with Gasteiger partial charge in [0, 0.05) is 54.5 Å². The van der Waals surface area contributed by atoms with Crippen LogP contribution >= 0.6 is 0 Å². The van der Waals surface area contributed by atoms with Crippen molar-refractivity contribution in [2.75, 3.05) is 18.0 Å². The van der Waals surface area contributed by atoms with E-state index in [1.54, 1.807) is 24.6 Å². The van der Waals surface area contributed by atoms with Gasteiger partial charge in [0.15, 0.2) is 0 Å². The summed E-state index contributed by atoms with van der Waals surface area (Å²) in [6.07, 6.45) is 7.48. The van der Waals surface area contributed by atoms with Gasteiger partial charge in [0.25, 0.3) is 0 Å². The minimum Gasteiger partial charge on any atom is -0.508 e. The monoisotopic (exact) mass is 409 g/mol. The van der Waals surface area contributed by atoms with Gasteiger partial charge in [0.1, 0.15) is 17.2 Å². The molecule has 0 aliphatic heterocycles. The summed E-state index contributed by atoms with van der Waals surface area (Å²) in [6, 6.07) is 10.3. The van der Waals surface area contributed by atoms with Gasteiger partial charge in [-0.15, -0.1) is 0 Å². The molecule has 3 rings (SSSR count). The molecule has 0 spiro atoms. The van der Waals surface area contributed by atoms with Crippen molar-refractivity contribution in [1.29, 1.82) is 0 Å². The number of rotatable bonds is 7. The first-order valence-electron chi connectivity index (χ1n) is 10.7. The van der Waals surface area contributed by atoms with Crippen LogP contribution in [0.4, 0.5) is 5.69 Å². The zero-order chi connectivity index (χ0) is 21.5. The lowest BCUT2D eigenvalue weighted by Crippen LogP contribution is -2.27. The molecule has 30 heavy (non-hydrogen) atoms. The van der Waals surface area contributed by atoms with Crippen LogP contribution in [0, 0.1) is 0 Å². The Bertz CT molecular complexity index is 907. The molecule has 2 atom stereocenters. The average molecular weight is 410 g/mol. The Morgan fingerprint density at radius 2 is 1.37 bits per heavy atom. The summed E-state index contributed by atoms with van der Waals surface area (Å²) < 4.78 is 0. The molecule has 0 unspecified atom stereocenters. The fraction of sp³-hybridized carbons (Fsp3) is 0.417. The molecule has 1 aliphatic carbocycles. The molecular formula is C24H31N3O3. The van der Waals surface area contributed by atoms with Crippen LogP contribution in [-0.4, -0.2) is 52.9 Å². The largest absolute Gasteiger partial charge is 0.508 e. The number of benzene rings is 2. The van der Waals surface area contributed by atoms with Gasteiger partial charge in [-0.25, -0.2) is 0 Å². The number of hydrogen-bond donors (Lipinski definition) is 3. The summed E-state index contributed by atoms with van der Waals surface area (Å²) in [4.78, 5) is 11.6. The molecular weight excluding hydrogens is 378 g/mol. The molecule has 160 valence electrons. The highest BCUT2D eigenvalue weighted by Crippen LogP contribution is 2.27. The molecule has 1 fully saturated rings. The molecule has 6 heteroatoms.